The van der Waals surface area contributed by atoms with Gasteiger partial charge in [0.15, 0.2) is 5.16 Å². The normalized spacial score (nSPS) is 15.7. The molecule has 0 amide bonds. The maximum atomic E-state index is 5.31. The minimum absolute atomic E-state index is 0.427. The number of nitrogen functional groups attached to an aromatic ring is 1. The summed E-state index contributed by atoms with van der Waals surface area (Å²) in [4.78, 5) is 14.9. The van der Waals surface area contributed by atoms with Gasteiger partial charge in [-0.15, -0.1) is 0 Å². The molecule has 6 nitrogen and oxygen atoms in total. The maximum absolute atomic E-state index is 5.31. The molecule has 0 atom stereocenters. The maximum Gasteiger partial charge on any atom is 0.242 e. The molecular formula is C8H14N6S. The van der Waals surface area contributed by atoms with Crippen LogP contribution in [0, 0.1) is 0 Å². The van der Waals surface area contributed by atoms with Crippen molar-refractivity contribution in [3.63, 3.8) is 0 Å². The topological polar surface area (TPSA) is 80.0 Å². The summed E-state index contributed by atoms with van der Waals surface area (Å²) in [6.07, 6.45) is 4.33. The molecule has 1 aliphatic heterocycles. The van der Waals surface area contributed by atoms with Crippen molar-refractivity contribution in [3.05, 3.63) is 0 Å². The molecule has 2 rings (SSSR count). The SMILES string of the molecule is CSc1nc(NN)nc(N2CCCC2)n1. The van der Waals surface area contributed by atoms with Crippen LogP contribution in [0.15, 0.2) is 5.16 Å². The highest BCUT2D eigenvalue weighted by Crippen LogP contribution is 2.19. The van der Waals surface area contributed by atoms with Crippen LogP contribution in [0.5, 0.6) is 0 Å². The average molecular weight is 226 g/mol. The van der Waals surface area contributed by atoms with Crippen LogP contribution in [0.3, 0.4) is 0 Å². The monoisotopic (exact) mass is 226 g/mol. The summed E-state index contributed by atoms with van der Waals surface area (Å²) < 4.78 is 0. The van der Waals surface area contributed by atoms with E-state index in [1.165, 1.54) is 24.6 Å². The minimum Gasteiger partial charge on any atom is -0.341 e. The van der Waals surface area contributed by atoms with E-state index in [9.17, 15) is 0 Å². The lowest BCUT2D eigenvalue weighted by Crippen LogP contribution is -2.22. The summed E-state index contributed by atoms with van der Waals surface area (Å²) in [5, 5.41) is 0.694. The molecule has 0 saturated carbocycles. The van der Waals surface area contributed by atoms with Crippen LogP contribution in [-0.2, 0) is 0 Å². The van der Waals surface area contributed by atoms with Gasteiger partial charge in [0.1, 0.15) is 0 Å². The molecule has 0 unspecified atom stereocenters. The smallest absolute Gasteiger partial charge is 0.242 e. The van der Waals surface area contributed by atoms with Crippen molar-refractivity contribution < 1.29 is 0 Å². The molecule has 1 saturated heterocycles. The highest BCUT2D eigenvalue weighted by molar-refractivity contribution is 7.98. The van der Waals surface area contributed by atoms with Crippen molar-refractivity contribution in [2.75, 3.05) is 29.7 Å². The summed E-state index contributed by atoms with van der Waals surface area (Å²) >= 11 is 1.49. The number of nitrogens with one attached hydrogen (secondary N) is 1. The van der Waals surface area contributed by atoms with Gasteiger partial charge < -0.3 is 4.90 Å². The molecule has 7 heteroatoms. The Hall–Kier alpha value is -1.08. The zero-order valence-electron chi connectivity index (χ0n) is 8.60. The Balaban J connectivity index is 2.28. The standard InChI is InChI=1S/C8H14N6S/c1-15-8-11-6(13-9)10-7(12-8)14-4-2-3-5-14/h2-5,9H2,1H3,(H,10,11,12,13). The van der Waals surface area contributed by atoms with Crippen LogP contribution >= 0.6 is 11.8 Å². The molecule has 0 aromatic carbocycles. The van der Waals surface area contributed by atoms with Crippen LogP contribution in [-0.4, -0.2) is 34.3 Å². The molecular weight excluding hydrogens is 212 g/mol. The average Bonchev–Trinajstić information content (AvgIpc) is 2.81. The Morgan fingerprint density at radius 3 is 2.60 bits per heavy atom. The van der Waals surface area contributed by atoms with E-state index in [4.69, 9.17) is 5.84 Å². The number of anilines is 2. The minimum atomic E-state index is 0.427. The van der Waals surface area contributed by atoms with Gasteiger partial charge in [-0.2, -0.15) is 15.0 Å². The second-order valence-corrected chi connectivity index (χ2v) is 4.06. The van der Waals surface area contributed by atoms with E-state index in [1.54, 1.807) is 0 Å². The molecule has 3 N–H and O–H groups in total. The fourth-order valence-corrected chi connectivity index (χ4v) is 1.91. The lowest BCUT2D eigenvalue weighted by molar-refractivity contribution is 0.828. The number of hydrogen-bond donors (Lipinski definition) is 2. The number of rotatable bonds is 3. The van der Waals surface area contributed by atoms with Crippen LogP contribution in [0.25, 0.3) is 0 Å². The third-order valence-electron chi connectivity index (χ3n) is 2.30. The summed E-state index contributed by atoms with van der Waals surface area (Å²) in [6, 6.07) is 0. The van der Waals surface area contributed by atoms with Crippen molar-refractivity contribution in [2.45, 2.75) is 18.0 Å². The molecule has 1 aromatic heterocycles. The van der Waals surface area contributed by atoms with E-state index in [1.807, 2.05) is 6.26 Å². The summed E-state index contributed by atoms with van der Waals surface area (Å²) in [5.74, 6) is 6.46. The van der Waals surface area contributed by atoms with Crippen molar-refractivity contribution in [1.82, 2.24) is 15.0 Å². The van der Waals surface area contributed by atoms with Crippen molar-refractivity contribution >= 4 is 23.7 Å². The number of hydrazine groups is 1. The molecule has 2 heterocycles. The number of nitrogens with two attached hydrogens (primary N) is 1. The first-order valence-electron chi connectivity index (χ1n) is 4.85. The first-order valence-corrected chi connectivity index (χ1v) is 6.07. The Labute approximate surface area is 92.7 Å². The highest BCUT2D eigenvalue weighted by Gasteiger charge is 2.16. The lowest BCUT2D eigenvalue weighted by atomic mass is 10.4. The van der Waals surface area contributed by atoms with Crippen molar-refractivity contribution in [1.29, 1.82) is 0 Å². The Bertz CT molecular complexity index is 316. The first kappa shape index (κ1) is 10.4. The number of thioether (sulfide) groups is 1. The molecule has 0 spiro atoms. The molecule has 1 aliphatic rings. The quantitative estimate of drug-likeness (QED) is 0.441. The summed E-state index contributed by atoms with van der Waals surface area (Å²) in [7, 11) is 0. The first-order chi connectivity index (χ1) is 7.33. The van der Waals surface area contributed by atoms with E-state index in [2.05, 4.69) is 25.3 Å². The van der Waals surface area contributed by atoms with Gasteiger partial charge in [-0.3, -0.25) is 5.43 Å². The zero-order chi connectivity index (χ0) is 10.7. The van der Waals surface area contributed by atoms with E-state index < -0.39 is 0 Å². The zero-order valence-corrected chi connectivity index (χ0v) is 9.42. The van der Waals surface area contributed by atoms with Gasteiger partial charge in [-0.05, 0) is 19.1 Å². The fraction of sp³-hybridized carbons (Fsp3) is 0.625. The third kappa shape index (κ3) is 2.29. The van der Waals surface area contributed by atoms with Crippen molar-refractivity contribution in [3.8, 4) is 0 Å². The lowest BCUT2D eigenvalue weighted by Gasteiger charge is -2.15. The van der Waals surface area contributed by atoms with E-state index in [0.29, 0.717) is 11.1 Å². The second-order valence-electron chi connectivity index (χ2n) is 3.28. The Morgan fingerprint density at radius 2 is 2.00 bits per heavy atom. The fourth-order valence-electron chi connectivity index (χ4n) is 1.56. The van der Waals surface area contributed by atoms with Crippen LogP contribution in [0.2, 0.25) is 0 Å². The van der Waals surface area contributed by atoms with Gasteiger partial charge in [0.05, 0.1) is 0 Å². The number of nitrogens with zero attached hydrogens (tertiary/aromatic N) is 4. The third-order valence-corrected chi connectivity index (χ3v) is 2.85. The molecule has 1 fully saturated rings. The number of aromatic nitrogens is 3. The summed E-state index contributed by atoms with van der Waals surface area (Å²) in [5.41, 5.74) is 2.46. The Morgan fingerprint density at radius 1 is 1.27 bits per heavy atom. The predicted octanol–water partition coefficient (Wildman–Crippen LogP) is 0.479. The molecule has 15 heavy (non-hydrogen) atoms. The highest BCUT2D eigenvalue weighted by atomic mass is 32.2. The van der Waals surface area contributed by atoms with Gasteiger partial charge in [0.25, 0.3) is 0 Å². The van der Waals surface area contributed by atoms with Crippen molar-refractivity contribution in [2.24, 2.45) is 5.84 Å². The number of hydrogen-bond acceptors (Lipinski definition) is 7. The van der Waals surface area contributed by atoms with Crippen LogP contribution < -0.4 is 16.2 Å². The molecule has 82 valence electrons. The van der Waals surface area contributed by atoms with Gasteiger partial charge in [-0.25, -0.2) is 5.84 Å². The van der Waals surface area contributed by atoms with E-state index >= 15 is 0 Å². The van der Waals surface area contributed by atoms with Gasteiger partial charge in [-0.1, -0.05) is 11.8 Å². The molecule has 0 aliphatic carbocycles. The molecule has 0 radical (unpaired) electrons. The Kier molecular flexibility index (Phi) is 3.22. The molecule has 1 aromatic rings. The second kappa shape index (κ2) is 4.63. The summed E-state index contributed by atoms with van der Waals surface area (Å²) in [6.45, 7) is 2.03. The van der Waals surface area contributed by atoms with E-state index in [-0.39, 0.29) is 0 Å². The van der Waals surface area contributed by atoms with Gasteiger partial charge in [0.2, 0.25) is 11.9 Å². The largest absolute Gasteiger partial charge is 0.341 e. The van der Waals surface area contributed by atoms with Crippen LogP contribution in [0.1, 0.15) is 12.8 Å². The van der Waals surface area contributed by atoms with Crippen LogP contribution in [0.4, 0.5) is 11.9 Å². The van der Waals surface area contributed by atoms with Gasteiger partial charge in [0, 0.05) is 13.1 Å². The molecule has 0 bridgehead atoms. The van der Waals surface area contributed by atoms with Gasteiger partial charge >= 0.3 is 0 Å². The van der Waals surface area contributed by atoms with E-state index in [0.717, 1.165) is 19.0 Å². The predicted molar refractivity (Wildman–Crippen MR) is 60.9 cm³/mol.